The molecule has 1 atom stereocenters. The molecule has 2 aromatic carbocycles. The number of thioether (sulfide) groups is 1. The van der Waals surface area contributed by atoms with Gasteiger partial charge in [-0.1, -0.05) is 36.4 Å². The molecule has 1 N–H and O–H groups in total. The highest BCUT2D eigenvalue weighted by atomic mass is 32.2. The maximum Gasteiger partial charge on any atom is 0.339 e. The number of nitrogens with one attached hydrogen (secondary N) is 1. The van der Waals surface area contributed by atoms with Crippen molar-refractivity contribution in [1.82, 2.24) is 5.32 Å². The van der Waals surface area contributed by atoms with E-state index in [2.05, 4.69) is 11.4 Å². The zero-order valence-electron chi connectivity index (χ0n) is 15.8. The highest BCUT2D eigenvalue weighted by Crippen LogP contribution is 2.29. The minimum absolute atomic E-state index is 0.0281. The fourth-order valence-electron chi connectivity index (χ4n) is 3.29. The van der Waals surface area contributed by atoms with E-state index in [1.807, 2.05) is 18.2 Å². The van der Waals surface area contributed by atoms with E-state index in [-0.39, 0.29) is 30.1 Å². The number of hydrogen-bond acceptors (Lipinski definition) is 5. The first-order chi connectivity index (χ1) is 13.5. The second-order valence-corrected chi connectivity index (χ2v) is 7.79. The summed E-state index contributed by atoms with van der Waals surface area (Å²) in [6.07, 6.45) is 2.91. The van der Waals surface area contributed by atoms with Gasteiger partial charge in [0.25, 0.3) is 5.91 Å². The molecule has 0 aliphatic heterocycles. The van der Waals surface area contributed by atoms with Crippen molar-refractivity contribution in [3.05, 3.63) is 65.2 Å². The van der Waals surface area contributed by atoms with Gasteiger partial charge in [0.2, 0.25) is 0 Å². The molecule has 5 nitrogen and oxygen atoms in total. The molecule has 0 heterocycles. The number of hydrogen-bond donors (Lipinski definition) is 1. The van der Waals surface area contributed by atoms with Crippen LogP contribution < -0.4 is 5.32 Å². The van der Waals surface area contributed by atoms with Gasteiger partial charge in [0, 0.05) is 4.90 Å². The summed E-state index contributed by atoms with van der Waals surface area (Å²) in [6, 6.07) is 15.0. The van der Waals surface area contributed by atoms with E-state index in [0.29, 0.717) is 10.5 Å². The number of Topliss-reactive ketones (excluding diaryl/α,β-unsaturated/α-hetero) is 1. The van der Waals surface area contributed by atoms with Gasteiger partial charge in [0.1, 0.15) is 5.78 Å². The summed E-state index contributed by atoms with van der Waals surface area (Å²) in [4.78, 5) is 36.6. The van der Waals surface area contributed by atoms with Crippen LogP contribution >= 0.6 is 11.8 Å². The van der Waals surface area contributed by atoms with Crippen molar-refractivity contribution in [3.8, 4) is 0 Å². The van der Waals surface area contributed by atoms with E-state index in [0.717, 1.165) is 24.8 Å². The molecule has 1 amide bonds. The molecule has 0 bridgehead atoms. The summed E-state index contributed by atoms with van der Waals surface area (Å²) in [5, 5.41) is 2.97. The number of amides is 1. The third kappa shape index (κ3) is 5.23. The SMILES string of the molecule is CC(=O)CSc1ccccc1C(=O)OCC(=O)N[C@@H]1CCCc2ccccc21. The number of ketones is 1. The van der Waals surface area contributed by atoms with E-state index < -0.39 is 5.97 Å². The molecule has 2 aromatic rings. The van der Waals surface area contributed by atoms with Crippen LogP contribution in [0.1, 0.15) is 47.3 Å². The summed E-state index contributed by atoms with van der Waals surface area (Å²) >= 11 is 1.29. The average Bonchev–Trinajstić information content (AvgIpc) is 2.71. The second kappa shape index (κ2) is 9.55. The van der Waals surface area contributed by atoms with Crippen LogP contribution in [0.3, 0.4) is 0 Å². The number of carbonyl (C=O) groups excluding carboxylic acids is 3. The minimum Gasteiger partial charge on any atom is -0.452 e. The molecule has 0 spiro atoms. The van der Waals surface area contributed by atoms with Gasteiger partial charge in [-0.2, -0.15) is 0 Å². The van der Waals surface area contributed by atoms with E-state index in [1.165, 1.54) is 24.2 Å². The Kier molecular flexibility index (Phi) is 6.87. The van der Waals surface area contributed by atoms with Crippen LogP contribution in [-0.4, -0.2) is 30.0 Å². The minimum atomic E-state index is -0.564. The zero-order chi connectivity index (χ0) is 19.9. The largest absolute Gasteiger partial charge is 0.452 e. The van der Waals surface area contributed by atoms with Crippen molar-refractivity contribution in [2.45, 2.75) is 37.1 Å². The molecule has 3 rings (SSSR count). The molecular weight excluding hydrogens is 374 g/mol. The molecule has 0 fully saturated rings. The molecule has 1 aliphatic rings. The first kappa shape index (κ1) is 20.1. The predicted molar refractivity (Wildman–Crippen MR) is 108 cm³/mol. The number of benzene rings is 2. The van der Waals surface area contributed by atoms with Gasteiger partial charge in [-0.25, -0.2) is 4.79 Å². The van der Waals surface area contributed by atoms with Gasteiger partial charge < -0.3 is 10.1 Å². The Hall–Kier alpha value is -2.60. The van der Waals surface area contributed by atoms with Gasteiger partial charge in [-0.3, -0.25) is 9.59 Å². The van der Waals surface area contributed by atoms with Gasteiger partial charge >= 0.3 is 5.97 Å². The lowest BCUT2D eigenvalue weighted by atomic mass is 9.88. The summed E-state index contributed by atoms with van der Waals surface area (Å²) in [5.41, 5.74) is 2.76. The van der Waals surface area contributed by atoms with Crippen LogP contribution in [0.25, 0.3) is 0 Å². The third-order valence-electron chi connectivity index (χ3n) is 4.58. The maximum atomic E-state index is 12.4. The molecule has 0 saturated carbocycles. The molecule has 146 valence electrons. The van der Waals surface area contributed by atoms with Crippen molar-refractivity contribution in [1.29, 1.82) is 0 Å². The molecule has 1 aliphatic carbocycles. The highest BCUT2D eigenvalue weighted by molar-refractivity contribution is 8.00. The van der Waals surface area contributed by atoms with Gasteiger partial charge in [0.05, 0.1) is 17.4 Å². The second-order valence-electron chi connectivity index (χ2n) is 6.77. The van der Waals surface area contributed by atoms with Crippen LogP contribution in [-0.2, 0) is 20.7 Å². The lowest BCUT2D eigenvalue weighted by Gasteiger charge is -2.26. The zero-order valence-corrected chi connectivity index (χ0v) is 16.6. The summed E-state index contributed by atoms with van der Waals surface area (Å²) < 4.78 is 5.22. The number of esters is 1. The standard InChI is InChI=1S/C22H23NO4S/c1-15(24)14-28-20-12-5-4-10-18(20)22(26)27-13-21(25)23-19-11-6-8-16-7-2-3-9-17(16)19/h2-5,7,9-10,12,19H,6,8,11,13-14H2,1H3,(H,23,25)/t19-/m1/s1. The topological polar surface area (TPSA) is 72.5 Å². The lowest BCUT2D eigenvalue weighted by molar-refractivity contribution is -0.125. The molecular formula is C22H23NO4S. The summed E-state index contributed by atoms with van der Waals surface area (Å²) in [7, 11) is 0. The average molecular weight is 397 g/mol. The van der Waals surface area contributed by atoms with E-state index in [1.54, 1.807) is 24.3 Å². The Morgan fingerprint density at radius 1 is 1.11 bits per heavy atom. The number of carbonyl (C=O) groups is 3. The fourth-order valence-corrected chi connectivity index (χ4v) is 4.13. The Bertz CT molecular complexity index is 880. The molecule has 0 radical (unpaired) electrons. The number of fused-ring (bicyclic) bond motifs is 1. The van der Waals surface area contributed by atoms with Crippen LogP contribution in [0.2, 0.25) is 0 Å². The Labute approximate surface area is 168 Å². The van der Waals surface area contributed by atoms with Crippen LogP contribution in [0.4, 0.5) is 0 Å². The number of rotatable bonds is 7. The first-order valence-corrected chi connectivity index (χ1v) is 10.3. The van der Waals surface area contributed by atoms with Crippen molar-refractivity contribution >= 4 is 29.4 Å². The van der Waals surface area contributed by atoms with Crippen molar-refractivity contribution < 1.29 is 19.1 Å². The van der Waals surface area contributed by atoms with Crippen LogP contribution in [0, 0.1) is 0 Å². The van der Waals surface area contributed by atoms with E-state index >= 15 is 0 Å². The van der Waals surface area contributed by atoms with Gasteiger partial charge in [-0.15, -0.1) is 11.8 Å². The Morgan fingerprint density at radius 3 is 2.68 bits per heavy atom. The highest BCUT2D eigenvalue weighted by Gasteiger charge is 2.22. The normalized spacial score (nSPS) is 15.4. The smallest absolute Gasteiger partial charge is 0.339 e. The van der Waals surface area contributed by atoms with Crippen LogP contribution in [0.15, 0.2) is 53.4 Å². The predicted octanol–water partition coefficient (Wildman–Crippen LogP) is 3.72. The maximum absolute atomic E-state index is 12.4. The quantitative estimate of drug-likeness (QED) is 0.569. The summed E-state index contributed by atoms with van der Waals surface area (Å²) in [6.45, 7) is 1.17. The Morgan fingerprint density at radius 2 is 1.86 bits per heavy atom. The molecule has 0 unspecified atom stereocenters. The van der Waals surface area contributed by atoms with Crippen molar-refractivity contribution in [2.24, 2.45) is 0 Å². The molecule has 6 heteroatoms. The Balaban J connectivity index is 1.57. The number of ether oxygens (including phenoxy) is 1. The van der Waals surface area contributed by atoms with E-state index in [4.69, 9.17) is 4.74 Å². The monoisotopic (exact) mass is 397 g/mol. The molecule has 0 aromatic heterocycles. The molecule has 28 heavy (non-hydrogen) atoms. The van der Waals surface area contributed by atoms with Crippen molar-refractivity contribution in [2.75, 3.05) is 12.4 Å². The van der Waals surface area contributed by atoms with E-state index in [9.17, 15) is 14.4 Å². The summed E-state index contributed by atoms with van der Waals surface area (Å²) in [5.74, 6) is -0.568. The van der Waals surface area contributed by atoms with Gasteiger partial charge in [-0.05, 0) is 49.4 Å². The van der Waals surface area contributed by atoms with Crippen LogP contribution in [0.5, 0.6) is 0 Å². The first-order valence-electron chi connectivity index (χ1n) is 9.30. The third-order valence-corrected chi connectivity index (χ3v) is 5.79. The lowest BCUT2D eigenvalue weighted by Crippen LogP contribution is -2.34. The molecule has 0 saturated heterocycles. The van der Waals surface area contributed by atoms with Crippen molar-refractivity contribution in [3.63, 3.8) is 0 Å². The fraction of sp³-hybridized carbons (Fsp3) is 0.318. The number of aryl methyl sites for hydroxylation is 1. The van der Waals surface area contributed by atoms with Gasteiger partial charge in [0.15, 0.2) is 6.61 Å².